The quantitative estimate of drug-likeness (QED) is 0.768. The van der Waals surface area contributed by atoms with Gasteiger partial charge in [-0.1, -0.05) is 42.5 Å². The fourth-order valence-corrected chi connectivity index (χ4v) is 3.71. The van der Waals surface area contributed by atoms with Crippen molar-refractivity contribution in [3.05, 3.63) is 72.4 Å². The van der Waals surface area contributed by atoms with Gasteiger partial charge in [-0.25, -0.2) is 0 Å². The summed E-state index contributed by atoms with van der Waals surface area (Å²) in [6.07, 6.45) is 0. The molecular formula is C22H25N3O. The van der Waals surface area contributed by atoms with Gasteiger partial charge in [0.05, 0.1) is 18.8 Å². The second kappa shape index (κ2) is 7.26. The lowest BCUT2D eigenvalue weighted by Crippen LogP contribution is -2.47. The molecule has 3 aromatic rings. The lowest BCUT2D eigenvalue weighted by Gasteiger charge is -2.40. The maximum absolute atomic E-state index is 5.57. The maximum atomic E-state index is 5.57. The number of rotatable bonds is 4. The van der Waals surface area contributed by atoms with E-state index in [0.717, 1.165) is 25.4 Å². The Labute approximate surface area is 155 Å². The van der Waals surface area contributed by atoms with Gasteiger partial charge >= 0.3 is 0 Å². The van der Waals surface area contributed by atoms with Crippen molar-refractivity contribution in [2.45, 2.75) is 6.04 Å². The number of nitrogens with zero attached hydrogens (tertiary/aromatic N) is 2. The van der Waals surface area contributed by atoms with E-state index in [2.05, 4.69) is 70.4 Å². The third kappa shape index (κ3) is 3.20. The summed E-state index contributed by atoms with van der Waals surface area (Å²) in [5.74, 6) is 0.937. The molecule has 2 heterocycles. The zero-order valence-corrected chi connectivity index (χ0v) is 15.4. The number of ether oxygens (including phenoxy) is 1. The highest BCUT2D eigenvalue weighted by atomic mass is 16.5. The molecule has 1 aromatic heterocycles. The molecular weight excluding hydrogens is 322 g/mol. The molecule has 0 spiro atoms. The van der Waals surface area contributed by atoms with Gasteiger partial charge in [-0.3, -0.25) is 4.90 Å². The van der Waals surface area contributed by atoms with Gasteiger partial charge < -0.3 is 14.6 Å². The lowest BCUT2D eigenvalue weighted by molar-refractivity contribution is 0.217. The molecule has 1 fully saturated rings. The summed E-state index contributed by atoms with van der Waals surface area (Å²) in [5, 5.41) is 0. The third-order valence-corrected chi connectivity index (χ3v) is 5.23. The number of benzene rings is 2. The molecule has 4 heteroatoms. The SMILES string of the molecule is COc1ccccc1N1CCN(C)C(c2ccc(-c3ccccc3)[nH]2)C1. The van der Waals surface area contributed by atoms with Crippen molar-refractivity contribution < 1.29 is 4.74 Å². The second-order valence-electron chi connectivity index (χ2n) is 6.81. The number of nitrogens with one attached hydrogen (secondary N) is 1. The third-order valence-electron chi connectivity index (χ3n) is 5.23. The van der Waals surface area contributed by atoms with Crippen molar-refractivity contribution in [2.24, 2.45) is 0 Å². The monoisotopic (exact) mass is 347 g/mol. The first kappa shape index (κ1) is 16.7. The Morgan fingerprint density at radius 3 is 2.50 bits per heavy atom. The predicted molar refractivity (Wildman–Crippen MR) is 107 cm³/mol. The van der Waals surface area contributed by atoms with Gasteiger partial charge in [-0.15, -0.1) is 0 Å². The number of piperazine rings is 1. The Kier molecular flexibility index (Phi) is 4.67. The van der Waals surface area contributed by atoms with Crippen LogP contribution in [-0.2, 0) is 0 Å². The highest BCUT2D eigenvalue weighted by Gasteiger charge is 2.28. The Bertz CT molecular complexity index is 859. The minimum Gasteiger partial charge on any atom is -0.495 e. The van der Waals surface area contributed by atoms with E-state index in [-0.39, 0.29) is 0 Å². The molecule has 1 atom stereocenters. The van der Waals surface area contributed by atoms with E-state index >= 15 is 0 Å². The molecule has 1 aliphatic rings. The van der Waals surface area contributed by atoms with Gasteiger partial charge in [0.15, 0.2) is 0 Å². The Hall–Kier alpha value is -2.72. The van der Waals surface area contributed by atoms with E-state index in [1.165, 1.54) is 22.6 Å². The van der Waals surface area contributed by atoms with Crippen LogP contribution in [0.25, 0.3) is 11.3 Å². The Morgan fingerprint density at radius 2 is 1.69 bits per heavy atom. The van der Waals surface area contributed by atoms with Crippen LogP contribution in [0.5, 0.6) is 5.75 Å². The molecule has 1 aliphatic heterocycles. The summed E-state index contributed by atoms with van der Waals surface area (Å²) in [6, 6.07) is 23.5. The molecule has 0 amide bonds. The van der Waals surface area contributed by atoms with Crippen LogP contribution in [-0.4, -0.2) is 43.7 Å². The molecule has 0 bridgehead atoms. The van der Waals surface area contributed by atoms with Gasteiger partial charge in [-0.2, -0.15) is 0 Å². The number of hydrogen-bond donors (Lipinski definition) is 1. The van der Waals surface area contributed by atoms with Gasteiger partial charge in [0.25, 0.3) is 0 Å². The Balaban J connectivity index is 1.59. The van der Waals surface area contributed by atoms with Crippen molar-refractivity contribution in [3.8, 4) is 17.0 Å². The number of likely N-dealkylation sites (N-methyl/N-ethyl adjacent to an activating group) is 1. The highest BCUT2D eigenvalue weighted by molar-refractivity contribution is 5.61. The average molecular weight is 347 g/mol. The van der Waals surface area contributed by atoms with Crippen LogP contribution < -0.4 is 9.64 Å². The minimum absolute atomic E-state index is 0.325. The van der Waals surface area contributed by atoms with E-state index < -0.39 is 0 Å². The van der Waals surface area contributed by atoms with Crippen molar-refractivity contribution in [3.63, 3.8) is 0 Å². The normalized spacial score (nSPS) is 18.1. The van der Waals surface area contributed by atoms with Crippen LogP contribution in [0, 0.1) is 0 Å². The van der Waals surface area contributed by atoms with Crippen molar-refractivity contribution in [2.75, 3.05) is 38.7 Å². The molecule has 1 saturated heterocycles. The van der Waals surface area contributed by atoms with Crippen LogP contribution in [0.4, 0.5) is 5.69 Å². The molecule has 1 unspecified atom stereocenters. The zero-order chi connectivity index (χ0) is 17.9. The molecule has 4 nitrogen and oxygen atoms in total. The molecule has 4 rings (SSSR count). The maximum Gasteiger partial charge on any atom is 0.142 e. The van der Waals surface area contributed by atoms with Crippen LogP contribution in [0.15, 0.2) is 66.7 Å². The van der Waals surface area contributed by atoms with Crippen molar-refractivity contribution in [1.82, 2.24) is 9.88 Å². The lowest BCUT2D eigenvalue weighted by atomic mass is 10.1. The van der Waals surface area contributed by atoms with E-state index in [9.17, 15) is 0 Å². The number of aromatic nitrogens is 1. The van der Waals surface area contributed by atoms with E-state index in [1.54, 1.807) is 7.11 Å². The summed E-state index contributed by atoms with van der Waals surface area (Å²) < 4.78 is 5.57. The number of methoxy groups -OCH3 is 1. The van der Waals surface area contributed by atoms with Gasteiger partial charge in [0.2, 0.25) is 0 Å². The van der Waals surface area contributed by atoms with E-state index in [1.807, 2.05) is 18.2 Å². The summed E-state index contributed by atoms with van der Waals surface area (Å²) >= 11 is 0. The first-order chi connectivity index (χ1) is 12.8. The smallest absolute Gasteiger partial charge is 0.142 e. The molecule has 0 saturated carbocycles. The fraction of sp³-hybridized carbons (Fsp3) is 0.273. The minimum atomic E-state index is 0.325. The molecule has 0 radical (unpaired) electrons. The van der Waals surface area contributed by atoms with Gasteiger partial charge in [0.1, 0.15) is 5.75 Å². The van der Waals surface area contributed by atoms with E-state index in [4.69, 9.17) is 4.74 Å². The van der Waals surface area contributed by atoms with Crippen molar-refractivity contribution in [1.29, 1.82) is 0 Å². The van der Waals surface area contributed by atoms with Crippen LogP contribution >= 0.6 is 0 Å². The second-order valence-corrected chi connectivity index (χ2v) is 6.81. The summed E-state index contributed by atoms with van der Waals surface area (Å²) in [4.78, 5) is 8.48. The predicted octanol–water partition coefficient (Wildman–Crippen LogP) is 4.18. The molecule has 26 heavy (non-hydrogen) atoms. The molecule has 134 valence electrons. The first-order valence-corrected chi connectivity index (χ1v) is 9.09. The molecule has 0 aliphatic carbocycles. The van der Waals surface area contributed by atoms with Gasteiger partial charge in [0, 0.05) is 31.0 Å². The summed E-state index contributed by atoms with van der Waals surface area (Å²) in [7, 11) is 3.94. The number of aromatic amines is 1. The highest BCUT2D eigenvalue weighted by Crippen LogP contribution is 2.33. The number of para-hydroxylation sites is 2. The number of anilines is 1. The molecule has 1 N–H and O–H groups in total. The molecule has 2 aromatic carbocycles. The summed E-state index contributed by atoms with van der Waals surface area (Å²) in [6.45, 7) is 2.95. The van der Waals surface area contributed by atoms with Crippen LogP contribution in [0.2, 0.25) is 0 Å². The average Bonchev–Trinajstić information content (AvgIpc) is 3.19. The van der Waals surface area contributed by atoms with E-state index in [0.29, 0.717) is 6.04 Å². The topological polar surface area (TPSA) is 31.5 Å². The fourth-order valence-electron chi connectivity index (χ4n) is 3.71. The van der Waals surface area contributed by atoms with Gasteiger partial charge in [-0.05, 0) is 36.9 Å². The number of hydrogen-bond acceptors (Lipinski definition) is 3. The zero-order valence-electron chi connectivity index (χ0n) is 15.4. The summed E-state index contributed by atoms with van der Waals surface area (Å²) in [5.41, 5.74) is 4.82. The first-order valence-electron chi connectivity index (χ1n) is 9.09. The standard InChI is InChI=1S/C22H25N3O/c1-24-14-15-25(20-10-6-7-11-22(20)26-2)16-21(24)19-13-12-18(23-19)17-8-4-3-5-9-17/h3-13,21,23H,14-16H2,1-2H3. The largest absolute Gasteiger partial charge is 0.495 e. The number of H-pyrrole nitrogens is 1. The van der Waals surface area contributed by atoms with Crippen LogP contribution in [0.3, 0.4) is 0 Å². The van der Waals surface area contributed by atoms with Crippen molar-refractivity contribution >= 4 is 5.69 Å². The Morgan fingerprint density at radius 1 is 0.923 bits per heavy atom. The van der Waals surface area contributed by atoms with Crippen LogP contribution in [0.1, 0.15) is 11.7 Å².